The molecule has 1 N–H and O–H groups in total. The lowest BCUT2D eigenvalue weighted by atomic mass is 10.1. The van der Waals surface area contributed by atoms with Gasteiger partial charge in [-0.1, -0.05) is 17.7 Å². The van der Waals surface area contributed by atoms with Crippen LogP contribution in [0.4, 0.5) is 13.2 Å². The SMILES string of the molecule is OC(CCOCC(F)F)c1ccc(Br)c(Cl)c1F. The van der Waals surface area contributed by atoms with Gasteiger partial charge in [0.2, 0.25) is 0 Å². The highest BCUT2D eigenvalue weighted by Crippen LogP contribution is 2.31. The van der Waals surface area contributed by atoms with E-state index in [0.29, 0.717) is 4.47 Å². The Bertz CT molecular complexity index is 404. The lowest BCUT2D eigenvalue weighted by molar-refractivity contribution is 0.00448. The minimum absolute atomic E-state index is 0.0155. The van der Waals surface area contributed by atoms with Crippen molar-refractivity contribution in [3.63, 3.8) is 0 Å². The molecule has 0 spiro atoms. The van der Waals surface area contributed by atoms with Crippen molar-refractivity contribution >= 4 is 27.5 Å². The number of benzene rings is 1. The molecule has 0 saturated carbocycles. The number of aliphatic hydroxyl groups is 1. The van der Waals surface area contributed by atoms with E-state index in [4.69, 9.17) is 11.6 Å². The Kier molecular flexibility index (Phi) is 6.42. The van der Waals surface area contributed by atoms with E-state index in [2.05, 4.69) is 20.7 Å². The van der Waals surface area contributed by atoms with E-state index in [9.17, 15) is 18.3 Å². The predicted molar refractivity (Wildman–Crippen MR) is 65.5 cm³/mol. The number of rotatable bonds is 6. The number of ether oxygens (including phenoxy) is 1. The summed E-state index contributed by atoms with van der Waals surface area (Å²) in [6.07, 6.45) is -3.68. The average Bonchev–Trinajstić information content (AvgIpc) is 2.31. The van der Waals surface area contributed by atoms with Gasteiger partial charge in [-0.3, -0.25) is 0 Å². The van der Waals surface area contributed by atoms with Crippen LogP contribution in [-0.2, 0) is 4.74 Å². The Balaban J connectivity index is 2.57. The van der Waals surface area contributed by atoms with E-state index >= 15 is 0 Å². The highest BCUT2D eigenvalue weighted by Gasteiger charge is 2.17. The number of hydrogen-bond donors (Lipinski definition) is 1. The maximum Gasteiger partial charge on any atom is 0.261 e. The summed E-state index contributed by atoms with van der Waals surface area (Å²) in [5.74, 6) is -0.729. The second-order valence-corrected chi connectivity index (χ2v) is 4.77. The van der Waals surface area contributed by atoms with Crippen molar-refractivity contribution < 1.29 is 23.0 Å². The van der Waals surface area contributed by atoms with E-state index in [1.54, 1.807) is 0 Å². The van der Waals surface area contributed by atoms with Gasteiger partial charge in [-0.05, 0) is 22.0 Å². The van der Waals surface area contributed by atoms with Crippen molar-refractivity contribution in [2.45, 2.75) is 19.0 Å². The molecule has 7 heteroatoms. The molecule has 0 bridgehead atoms. The van der Waals surface area contributed by atoms with E-state index in [1.165, 1.54) is 12.1 Å². The van der Waals surface area contributed by atoms with Crippen LogP contribution in [0.2, 0.25) is 5.02 Å². The van der Waals surface area contributed by atoms with Gasteiger partial charge in [0.1, 0.15) is 12.4 Å². The Labute approximate surface area is 116 Å². The molecule has 0 heterocycles. The lowest BCUT2D eigenvalue weighted by Gasteiger charge is -2.13. The van der Waals surface area contributed by atoms with Crippen molar-refractivity contribution in [3.05, 3.63) is 33.0 Å². The monoisotopic (exact) mass is 346 g/mol. The van der Waals surface area contributed by atoms with Gasteiger partial charge in [0.05, 0.1) is 11.1 Å². The van der Waals surface area contributed by atoms with E-state index in [0.717, 1.165) is 0 Å². The minimum Gasteiger partial charge on any atom is -0.388 e. The molecule has 0 aliphatic heterocycles. The topological polar surface area (TPSA) is 29.5 Å². The summed E-state index contributed by atoms with van der Waals surface area (Å²) >= 11 is 8.71. The van der Waals surface area contributed by atoms with E-state index in [-0.39, 0.29) is 23.6 Å². The number of hydrogen-bond acceptors (Lipinski definition) is 2. The second-order valence-electron chi connectivity index (χ2n) is 3.54. The third-order valence-electron chi connectivity index (χ3n) is 2.20. The van der Waals surface area contributed by atoms with Gasteiger partial charge in [-0.2, -0.15) is 0 Å². The molecular formula is C11H11BrClF3O2. The van der Waals surface area contributed by atoms with Gasteiger partial charge in [0.15, 0.2) is 0 Å². The lowest BCUT2D eigenvalue weighted by Crippen LogP contribution is -2.09. The first-order valence-corrected chi connectivity index (χ1v) is 6.28. The fourth-order valence-corrected chi connectivity index (χ4v) is 1.80. The molecule has 0 amide bonds. The number of aliphatic hydroxyl groups excluding tert-OH is 1. The Morgan fingerprint density at radius 3 is 2.67 bits per heavy atom. The van der Waals surface area contributed by atoms with Crippen LogP contribution in [0.3, 0.4) is 0 Å². The van der Waals surface area contributed by atoms with Gasteiger partial charge >= 0.3 is 0 Å². The van der Waals surface area contributed by atoms with Gasteiger partial charge in [-0.15, -0.1) is 0 Å². The molecule has 18 heavy (non-hydrogen) atoms. The molecule has 0 fully saturated rings. The largest absolute Gasteiger partial charge is 0.388 e. The molecule has 2 nitrogen and oxygen atoms in total. The molecule has 0 aliphatic carbocycles. The van der Waals surface area contributed by atoms with Gasteiger partial charge in [0, 0.05) is 23.1 Å². The van der Waals surface area contributed by atoms with Crippen molar-refractivity contribution in [3.8, 4) is 0 Å². The molecule has 1 aromatic rings. The summed E-state index contributed by atoms with van der Waals surface area (Å²) in [7, 11) is 0. The summed E-state index contributed by atoms with van der Waals surface area (Å²) in [6, 6.07) is 2.88. The highest BCUT2D eigenvalue weighted by molar-refractivity contribution is 9.10. The van der Waals surface area contributed by atoms with Crippen LogP contribution in [0.1, 0.15) is 18.1 Å². The first-order valence-electron chi connectivity index (χ1n) is 5.10. The molecular weight excluding hydrogens is 336 g/mol. The normalized spacial score (nSPS) is 13.1. The molecule has 1 atom stereocenters. The van der Waals surface area contributed by atoms with Crippen molar-refractivity contribution in [1.82, 2.24) is 0 Å². The summed E-state index contributed by atoms with van der Waals surface area (Å²) in [5.41, 5.74) is 0.0175. The number of halogens is 5. The third-order valence-corrected chi connectivity index (χ3v) is 3.46. The Hall–Kier alpha value is -0.300. The summed E-state index contributed by atoms with van der Waals surface area (Å²) in [4.78, 5) is 0. The fourth-order valence-electron chi connectivity index (χ4n) is 1.32. The van der Waals surface area contributed by atoms with Crippen LogP contribution >= 0.6 is 27.5 Å². The maximum absolute atomic E-state index is 13.7. The predicted octanol–water partition coefficient (Wildman–Crippen LogP) is 3.95. The molecule has 0 radical (unpaired) electrons. The van der Waals surface area contributed by atoms with Crippen LogP contribution in [0, 0.1) is 5.82 Å². The summed E-state index contributed by atoms with van der Waals surface area (Å²) in [6.45, 7) is -0.783. The van der Waals surface area contributed by atoms with Gasteiger partial charge < -0.3 is 9.84 Å². The first-order chi connectivity index (χ1) is 8.43. The zero-order valence-corrected chi connectivity index (χ0v) is 11.5. The van der Waals surface area contributed by atoms with E-state index < -0.39 is 25.0 Å². The third kappa shape index (κ3) is 4.42. The highest BCUT2D eigenvalue weighted by atomic mass is 79.9. The molecule has 0 saturated heterocycles. The standard InChI is InChI=1S/C11H11BrClF3O2/c12-7-2-1-6(11(16)10(7)13)8(17)3-4-18-5-9(14)15/h1-2,8-9,17H,3-5H2. The quantitative estimate of drug-likeness (QED) is 0.624. The summed E-state index contributed by atoms with van der Waals surface area (Å²) < 4.78 is 42.2. The smallest absolute Gasteiger partial charge is 0.261 e. The van der Waals surface area contributed by atoms with Crippen LogP contribution in [-0.4, -0.2) is 24.7 Å². The molecule has 1 aromatic carbocycles. The van der Waals surface area contributed by atoms with Gasteiger partial charge in [0.25, 0.3) is 6.43 Å². The fraction of sp³-hybridized carbons (Fsp3) is 0.455. The first kappa shape index (κ1) is 15.8. The van der Waals surface area contributed by atoms with Crippen molar-refractivity contribution in [2.75, 3.05) is 13.2 Å². The van der Waals surface area contributed by atoms with Crippen molar-refractivity contribution in [1.29, 1.82) is 0 Å². The molecule has 0 aliphatic rings. The Morgan fingerprint density at radius 2 is 2.06 bits per heavy atom. The zero-order valence-electron chi connectivity index (χ0n) is 9.18. The zero-order chi connectivity index (χ0) is 13.7. The van der Waals surface area contributed by atoms with Crippen LogP contribution in [0.15, 0.2) is 16.6 Å². The van der Waals surface area contributed by atoms with Crippen molar-refractivity contribution in [2.24, 2.45) is 0 Å². The second kappa shape index (κ2) is 7.33. The summed E-state index contributed by atoms with van der Waals surface area (Å²) in [5, 5.41) is 9.58. The maximum atomic E-state index is 13.7. The molecule has 102 valence electrons. The number of alkyl halides is 2. The average molecular weight is 348 g/mol. The molecule has 1 rings (SSSR count). The Morgan fingerprint density at radius 1 is 1.39 bits per heavy atom. The molecule has 1 unspecified atom stereocenters. The van der Waals surface area contributed by atoms with Gasteiger partial charge in [-0.25, -0.2) is 13.2 Å². The van der Waals surface area contributed by atoms with Crippen LogP contribution < -0.4 is 0 Å². The molecule has 0 aromatic heterocycles. The van der Waals surface area contributed by atoms with Crippen LogP contribution in [0.25, 0.3) is 0 Å². The minimum atomic E-state index is -2.55. The van der Waals surface area contributed by atoms with E-state index in [1.807, 2.05) is 0 Å². The van der Waals surface area contributed by atoms with Crippen LogP contribution in [0.5, 0.6) is 0 Å².